The fourth-order valence-electron chi connectivity index (χ4n) is 0.872. The van der Waals surface area contributed by atoms with E-state index in [2.05, 4.69) is 10.1 Å². The number of halogens is 2. The average Bonchev–Trinajstić information content (AvgIpc) is 2.16. The van der Waals surface area contributed by atoms with Gasteiger partial charge in [-0.05, 0) is 12.1 Å². The number of hydrogen-bond acceptors (Lipinski definition) is 3. The maximum atomic E-state index is 13.0. The van der Waals surface area contributed by atoms with Crippen molar-refractivity contribution in [2.45, 2.75) is 0 Å². The lowest BCUT2D eigenvalue weighted by atomic mass is 10.3. The summed E-state index contributed by atoms with van der Waals surface area (Å²) in [6, 6.07) is 3.05. The number of benzene rings is 1. The van der Waals surface area contributed by atoms with Crippen LogP contribution in [0.3, 0.4) is 0 Å². The molecule has 0 fully saturated rings. The molecule has 0 atom stereocenters. The average molecular weight is 201 g/mol. The van der Waals surface area contributed by atoms with E-state index in [1.54, 1.807) is 0 Å². The third kappa shape index (κ3) is 2.69. The van der Waals surface area contributed by atoms with E-state index in [1.807, 2.05) is 0 Å². The van der Waals surface area contributed by atoms with Crippen LogP contribution in [-0.2, 0) is 9.53 Å². The monoisotopic (exact) mass is 201 g/mol. The van der Waals surface area contributed by atoms with E-state index in [0.717, 1.165) is 12.1 Å². The molecule has 0 aromatic heterocycles. The standard InChI is InChI=1S/C9H9F2NO2/c1-14-9(13)5-12-8-3-2-6(10)4-7(8)11/h2-4,12H,5H2,1H3. The summed E-state index contributed by atoms with van der Waals surface area (Å²) < 4.78 is 29.7. The van der Waals surface area contributed by atoms with E-state index in [0.29, 0.717) is 0 Å². The van der Waals surface area contributed by atoms with Crippen LogP contribution in [0, 0.1) is 11.6 Å². The summed E-state index contributed by atoms with van der Waals surface area (Å²) in [5, 5.41) is 2.47. The Hall–Kier alpha value is -1.65. The quantitative estimate of drug-likeness (QED) is 0.754. The van der Waals surface area contributed by atoms with Crippen LogP contribution < -0.4 is 5.32 Å². The zero-order valence-electron chi connectivity index (χ0n) is 7.51. The summed E-state index contributed by atoms with van der Waals surface area (Å²) in [6.07, 6.45) is 0. The fourth-order valence-corrected chi connectivity index (χ4v) is 0.872. The Morgan fingerprint density at radius 2 is 2.21 bits per heavy atom. The predicted octanol–water partition coefficient (Wildman–Crippen LogP) is 1.55. The molecule has 0 radical (unpaired) electrons. The summed E-state index contributed by atoms with van der Waals surface area (Å²) >= 11 is 0. The largest absolute Gasteiger partial charge is 0.468 e. The van der Waals surface area contributed by atoms with Gasteiger partial charge in [0.25, 0.3) is 0 Å². The number of ether oxygens (including phenoxy) is 1. The van der Waals surface area contributed by atoms with Crippen molar-refractivity contribution in [2.75, 3.05) is 19.0 Å². The molecule has 3 nitrogen and oxygen atoms in total. The number of hydrogen-bond donors (Lipinski definition) is 1. The second-order valence-electron chi connectivity index (χ2n) is 2.55. The minimum Gasteiger partial charge on any atom is -0.468 e. The van der Waals surface area contributed by atoms with Crippen molar-refractivity contribution in [3.05, 3.63) is 29.8 Å². The van der Waals surface area contributed by atoms with Crippen molar-refractivity contribution in [3.8, 4) is 0 Å². The van der Waals surface area contributed by atoms with Gasteiger partial charge in [-0.25, -0.2) is 8.78 Å². The van der Waals surface area contributed by atoms with Crippen molar-refractivity contribution in [1.82, 2.24) is 0 Å². The first-order valence-corrected chi connectivity index (χ1v) is 3.89. The number of anilines is 1. The van der Waals surface area contributed by atoms with E-state index < -0.39 is 17.6 Å². The minimum absolute atomic E-state index is 0.0665. The number of nitrogens with one attached hydrogen (secondary N) is 1. The number of esters is 1. The first-order chi connectivity index (χ1) is 6.63. The number of carbonyl (C=O) groups is 1. The minimum atomic E-state index is -0.742. The highest BCUT2D eigenvalue weighted by Crippen LogP contribution is 2.14. The molecule has 1 N–H and O–H groups in total. The van der Waals surface area contributed by atoms with Crippen LogP contribution in [0.15, 0.2) is 18.2 Å². The Balaban J connectivity index is 2.63. The Bertz CT molecular complexity index is 342. The maximum absolute atomic E-state index is 13.0. The van der Waals surface area contributed by atoms with Gasteiger partial charge in [0.15, 0.2) is 0 Å². The first kappa shape index (κ1) is 10.4. The van der Waals surface area contributed by atoms with Gasteiger partial charge in [0.2, 0.25) is 0 Å². The van der Waals surface area contributed by atoms with Crippen LogP contribution in [0.4, 0.5) is 14.5 Å². The van der Waals surface area contributed by atoms with Gasteiger partial charge < -0.3 is 10.1 Å². The highest BCUT2D eigenvalue weighted by molar-refractivity contribution is 5.74. The molecule has 0 unspecified atom stereocenters. The van der Waals surface area contributed by atoms with Crippen LogP contribution in [-0.4, -0.2) is 19.6 Å². The van der Waals surface area contributed by atoms with Crippen molar-refractivity contribution in [3.63, 3.8) is 0 Å². The summed E-state index contributed by atoms with van der Waals surface area (Å²) in [6.45, 7) is -0.154. The Labute approximate surface area is 79.7 Å². The van der Waals surface area contributed by atoms with Crippen LogP contribution in [0.25, 0.3) is 0 Å². The molecule has 0 aliphatic carbocycles. The number of rotatable bonds is 3. The summed E-state index contributed by atoms with van der Waals surface area (Å²) in [7, 11) is 1.23. The van der Waals surface area contributed by atoms with Crippen molar-refractivity contribution in [1.29, 1.82) is 0 Å². The molecule has 0 amide bonds. The fraction of sp³-hybridized carbons (Fsp3) is 0.222. The Kier molecular flexibility index (Phi) is 3.39. The Morgan fingerprint density at radius 1 is 1.50 bits per heavy atom. The summed E-state index contributed by atoms with van der Waals surface area (Å²) in [4.78, 5) is 10.7. The molecule has 0 saturated heterocycles. The molecule has 0 heterocycles. The van der Waals surface area contributed by atoms with E-state index in [1.165, 1.54) is 13.2 Å². The molecule has 0 bridgehead atoms. The summed E-state index contributed by atoms with van der Waals surface area (Å²) in [5.74, 6) is -1.92. The SMILES string of the molecule is COC(=O)CNc1ccc(F)cc1F. The van der Waals surface area contributed by atoms with Gasteiger partial charge in [-0.1, -0.05) is 0 Å². The number of methoxy groups -OCH3 is 1. The van der Waals surface area contributed by atoms with Gasteiger partial charge in [-0.15, -0.1) is 0 Å². The lowest BCUT2D eigenvalue weighted by molar-refractivity contribution is -0.138. The smallest absolute Gasteiger partial charge is 0.325 e. The van der Waals surface area contributed by atoms with Crippen molar-refractivity contribution >= 4 is 11.7 Å². The van der Waals surface area contributed by atoms with Crippen LogP contribution >= 0.6 is 0 Å². The highest BCUT2D eigenvalue weighted by atomic mass is 19.1. The van der Waals surface area contributed by atoms with Crippen LogP contribution in [0.5, 0.6) is 0 Å². The van der Waals surface area contributed by atoms with Gasteiger partial charge in [0.05, 0.1) is 12.8 Å². The molecule has 0 spiro atoms. The molecule has 14 heavy (non-hydrogen) atoms. The molecule has 1 aromatic rings. The van der Waals surface area contributed by atoms with Gasteiger partial charge in [-0.3, -0.25) is 4.79 Å². The van der Waals surface area contributed by atoms with E-state index in [-0.39, 0.29) is 12.2 Å². The molecule has 1 rings (SSSR count). The normalized spacial score (nSPS) is 9.64. The zero-order chi connectivity index (χ0) is 10.6. The predicted molar refractivity (Wildman–Crippen MR) is 46.9 cm³/mol. The molecule has 0 saturated carbocycles. The molecule has 0 aliphatic heterocycles. The van der Waals surface area contributed by atoms with Crippen LogP contribution in [0.1, 0.15) is 0 Å². The molecule has 1 aromatic carbocycles. The van der Waals surface area contributed by atoms with Gasteiger partial charge >= 0.3 is 5.97 Å². The highest BCUT2D eigenvalue weighted by Gasteiger charge is 2.05. The topological polar surface area (TPSA) is 38.3 Å². The summed E-state index contributed by atoms with van der Waals surface area (Å²) in [5.41, 5.74) is 0.0665. The maximum Gasteiger partial charge on any atom is 0.325 e. The molecule has 76 valence electrons. The third-order valence-electron chi connectivity index (χ3n) is 1.58. The van der Waals surface area contributed by atoms with Crippen molar-refractivity contribution in [2.24, 2.45) is 0 Å². The second kappa shape index (κ2) is 4.55. The molecule has 5 heteroatoms. The lowest BCUT2D eigenvalue weighted by Crippen LogP contribution is -2.15. The molecular weight excluding hydrogens is 192 g/mol. The van der Waals surface area contributed by atoms with E-state index in [9.17, 15) is 13.6 Å². The molecular formula is C9H9F2NO2. The van der Waals surface area contributed by atoms with E-state index in [4.69, 9.17) is 0 Å². The first-order valence-electron chi connectivity index (χ1n) is 3.89. The second-order valence-corrected chi connectivity index (χ2v) is 2.55. The van der Waals surface area contributed by atoms with E-state index >= 15 is 0 Å². The van der Waals surface area contributed by atoms with Gasteiger partial charge in [0, 0.05) is 6.07 Å². The van der Waals surface area contributed by atoms with Gasteiger partial charge in [-0.2, -0.15) is 0 Å². The van der Waals surface area contributed by atoms with Crippen LogP contribution in [0.2, 0.25) is 0 Å². The molecule has 0 aliphatic rings. The lowest BCUT2D eigenvalue weighted by Gasteiger charge is -2.05. The number of carbonyl (C=O) groups excluding carboxylic acids is 1. The van der Waals surface area contributed by atoms with Crippen molar-refractivity contribution < 1.29 is 18.3 Å². The third-order valence-corrected chi connectivity index (χ3v) is 1.58. The Morgan fingerprint density at radius 3 is 2.79 bits per heavy atom. The zero-order valence-corrected chi connectivity index (χ0v) is 7.51. The van der Waals surface area contributed by atoms with Gasteiger partial charge in [0.1, 0.15) is 18.2 Å².